The molecule has 2 rings (SSSR count). The number of likely N-dealkylation sites (N-methyl/N-ethyl adjacent to an activating group) is 1. The maximum Gasteiger partial charge on any atom is 0.0340 e. The summed E-state index contributed by atoms with van der Waals surface area (Å²) in [6, 6.07) is 9.36. The largest absolute Gasteiger partial charge is 0.384 e. The van der Waals surface area contributed by atoms with Crippen molar-refractivity contribution in [2.75, 3.05) is 45.6 Å². The minimum Gasteiger partial charge on any atom is -0.384 e. The van der Waals surface area contributed by atoms with Crippen LogP contribution in [0.2, 0.25) is 0 Å². The van der Waals surface area contributed by atoms with Gasteiger partial charge in [-0.1, -0.05) is 17.7 Å². The van der Waals surface area contributed by atoms with E-state index in [4.69, 9.17) is 0 Å². The van der Waals surface area contributed by atoms with Crippen molar-refractivity contribution in [2.45, 2.75) is 19.4 Å². The second kappa shape index (κ2) is 6.21. The third kappa shape index (κ3) is 3.72. The van der Waals surface area contributed by atoms with Crippen LogP contribution >= 0.6 is 0 Å². The molecule has 1 atom stereocenters. The third-order valence-corrected chi connectivity index (χ3v) is 3.79. The molecule has 1 heterocycles. The fourth-order valence-corrected chi connectivity index (χ4v) is 2.47. The molecule has 3 heteroatoms. The summed E-state index contributed by atoms with van der Waals surface area (Å²) in [6.07, 6.45) is 1.30. The van der Waals surface area contributed by atoms with E-state index in [1.807, 2.05) is 0 Å². The molecule has 1 aliphatic heterocycles. The van der Waals surface area contributed by atoms with Gasteiger partial charge in [0.2, 0.25) is 0 Å². The summed E-state index contributed by atoms with van der Waals surface area (Å²) in [5.74, 6) is 0. The van der Waals surface area contributed by atoms with Gasteiger partial charge in [0, 0.05) is 31.4 Å². The molecule has 0 radical (unpaired) electrons. The molecule has 0 spiro atoms. The van der Waals surface area contributed by atoms with Crippen LogP contribution in [0.15, 0.2) is 24.3 Å². The van der Waals surface area contributed by atoms with Crippen molar-refractivity contribution in [2.24, 2.45) is 0 Å². The number of anilines is 1. The lowest BCUT2D eigenvalue weighted by Gasteiger charge is -2.20. The molecule has 1 aromatic carbocycles. The normalized spacial score (nSPS) is 20.6. The van der Waals surface area contributed by atoms with Crippen LogP contribution in [0.4, 0.5) is 5.69 Å². The number of aryl methyl sites for hydroxylation is 1. The highest BCUT2D eigenvalue weighted by atomic mass is 15.2. The van der Waals surface area contributed by atoms with Gasteiger partial charge in [-0.05, 0) is 46.1 Å². The Morgan fingerprint density at radius 3 is 2.61 bits per heavy atom. The molecule has 1 N–H and O–H groups in total. The van der Waals surface area contributed by atoms with Crippen LogP contribution in [-0.4, -0.2) is 56.1 Å². The molecule has 1 saturated heterocycles. The first-order chi connectivity index (χ1) is 8.65. The highest BCUT2D eigenvalue weighted by molar-refractivity contribution is 5.44. The monoisotopic (exact) mass is 247 g/mol. The Hall–Kier alpha value is -1.06. The number of nitrogens with zero attached hydrogens (tertiary/aromatic N) is 2. The van der Waals surface area contributed by atoms with E-state index in [0.29, 0.717) is 0 Å². The zero-order valence-electron chi connectivity index (χ0n) is 11.8. The van der Waals surface area contributed by atoms with Gasteiger partial charge in [-0.15, -0.1) is 0 Å². The molecule has 100 valence electrons. The molecule has 0 amide bonds. The smallest absolute Gasteiger partial charge is 0.0340 e. The Bertz CT molecular complexity index is 359. The first-order valence-electron chi connectivity index (χ1n) is 6.84. The van der Waals surface area contributed by atoms with Crippen molar-refractivity contribution < 1.29 is 0 Å². The Morgan fingerprint density at radius 2 is 2.00 bits per heavy atom. The molecule has 18 heavy (non-hydrogen) atoms. The van der Waals surface area contributed by atoms with Crippen LogP contribution in [0.3, 0.4) is 0 Å². The first-order valence-corrected chi connectivity index (χ1v) is 6.84. The summed E-state index contributed by atoms with van der Waals surface area (Å²) in [4.78, 5) is 4.89. The molecule has 1 aromatic rings. The predicted octanol–water partition coefficient (Wildman–Crippen LogP) is 2.04. The maximum absolute atomic E-state index is 3.49. The van der Waals surface area contributed by atoms with Crippen molar-refractivity contribution in [3.63, 3.8) is 0 Å². The highest BCUT2D eigenvalue weighted by Crippen LogP contribution is 2.13. The van der Waals surface area contributed by atoms with Crippen LogP contribution in [0.5, 0.6) is 0 Å². The Morgan fingerprint density at radius 1 is 1.28 bits per heavy atom. The molecular formula is C15H25N3. The number of benzene rings is 1. The lowest BCUT2D eigenvalue weighted by Crippen LogP contribution is -2.33. The van der Waals surface area contributed by atoms with Gasteiger partial charge in [0.05, 0.1) is 0 Å². The quantitative estimate of drug-likeness (QED) is 0.859. The summed E-state index contributed by atoms with van der Waals surface area (Å²) in [5, 5.41) is 3.49. The Labute approximate surface area is 111 Å². The topological polar surface area (TPSA) is 18.5 Å². The van der Waals surface area contributed by atoms with E-state index in [1.54, 1.807) is 0 Å². The number of hydrogen-bond acceptors (Lipinski definition) is 3. The van der Waals surface area contributed by atoms with Crippen molar-refractivity contribution in [1.29, 1.82) is 0 Å². The predicted molar refractivity (Wildman–Crippen MR) is 78.2 cm³/mol. The molecular weight excluding hydrogens is 222 g/mol. The third-order valence-electron chi connectivity index (χ3n) is 3.79. The first kappa shape index (κ1) is 13.4. The van der Waals surface area contributed by atoms with Gasteiger partial charge >= 0.3 is 0 Å². The van der Waals surface area contributed by atoms with Crippen molar-refractivity contribution in [3.05, 3.63) is 29.8 Å². The fraction of sp³-hybridized carbons (Fsp3) is 0.600. The Kier molecular flexibility index (Phi) is 4.61. The summed E-state index contributed by atoms with van der Waals surface area (Å²) in [5.41, 5.74) is 2.54. The molecule has 0 aliphatic carbocycles. The second-order valence-electron chi connectivity index (χ2n) is 5.50. The van der Waals surface area contributed by atoms with E-state index >= 15 is 0 Å². The SMILES string of the molecule is Cc1ccc(NCCN2CCC(N(C)C)C2)cc1. The van der Waals surface area contributed by atoms with Crippen molar-refractivity contribution in [3.8, 4) is 0 Å². The molecule has 1 fully saturated rings. The van der Waals surface area contributed by atoms with Gasteiger partial charge in [-0.25, -0.2) is 0 Å². The minimum absolute atomic E-state index is 0.740. The molecule has 0 bridgehead atoms. The van der Waals surface area contributed by atoms with Gasteiger partial charge < -0.3 is 10.2 Å². The van der Waals surface area contributed by atoms with Gasteiger partial charge in [0.15, 0.2) is 0 Å². The average molecular weight is 247 g/mol. The van der Waals surface area contributed by atoms with Crippen LogP contribution < -0.4 is 5.32 Å². The average Bonchev–Trinajstić information content (AvgIpc) is 2.81. The standard InChI is InChI=1S/C15H25N3/c1-13-4-6-14(7-5-13)16-9-11-18-10-8-15(12-18)17(2)3/h4-7,15-16H,8-12H2,1-3H3. The number of likely N-dealkylation sites (tertiary alicyclic amines) is 1. The molecule has 1 unspecified atom stereocenters. The summed E-state index contributed by atoms with van der Waals surface area (Å²) < 4.78 is 0. The van der Waals surface area contributed by atoms with E-state index in [-0.39, 0.29) is 0 Å². The summed E-state index contributed by atoms with van der Waals surface area (Å²) >= 11 is 0. The van der Waals surface area contributed by atoms with Crippen molar-refractivity contribution in [1.82, 2.24) is 9.80 Å². The van der Waals surface area contributed by atoms with E-state index < -0.39 is 0 Å². The minimum atomic E-state index is 0.740. The maximum atomic E-state index is 3.49. The lowest BCUT2D eigenvalue weighted by molar-refractivity contribution is 0.273. The van der Waals surface area contributed by atoms with Gasteiger partial charge in [-0.2, -0.15) is 0 Å². The van der Waals surface area contributed by atoms with E-state index in [2.05, 4.69) is 60.4 Å². The lowest BCUT2D eigenvalue weighted by atomic mass is 10.2. The van der Waals surface area contributed by atoms with Gasteiger partial charge in [0.25, 0.3) is 0 Å². The van der Waals surface area contributed by atoms with Gasteiger partial charge in [0.1, 0.15) is 0 Å². The van der Waals surface area contributed by atoms with Gasteiger partial charge in [-0.3, -0.25) is 4.90 Å². The van der Waals surface area contributed by atoms with Crippen molar-refractivity contribution >= 4 is 5.69 Å². The zero-order chi connectivity index (χ0) is 13.0. The number of rotatable bonds is 5. The van der Waals surface area contributed by atoms with Crippen LogP contribution in [0.1, 0.15) is 12.0 Å². The second-order valence-corrected chi connectivity index (χ2v) is 5.50. The molecule has 3 nitrogen and oxygen atoms in total. The van der Waals surface area contributed by atoms with E-state index in [0.717, 1.165) is 19.1 Å². The fourth-order valence-electron chi connectivity index (χ4n) is 2.47. The molecule has 1 aliphatic rings. The highest BCUT2D eigenvalue weighted by Gasteiger charge is 2.22. The zero-order valence-corrected chi connectivity index (χ0v) is 11.8. The van der Waals surface area contributed by atoms with Crippen LogP contribution in [-0.2, 0) is 0 Å². The number of hydrogen-bond donors (Lipinski definition) is 1. The molecule has 0 aromatic heterocycles. The van der Waals surface area contributed by atoms with E-state index in [1.165, 1.54) is 30.8 Å². The summed E-state index contributed by atoms with van der Waals surface area (Å²) in [6.45, 7) is 6.73. The van der Waals surface area contributed by atoms with Crippen LogP contribution in [0, 0.1) is 6.92 Å². The molecule has 0 saturated carbocycles. The Balaban J connectivity index is 1.68. The van der Waals surface area contributed by atoms with Crippen LogP contribution in [0.25, 0.3) is 0 Å². The number of nitrogens with one attached hydrogen (secondary N) is 1. The summed E-state index contributed by atoms with van der Waals surface area (Å²) in [7, 11) is 4.36. The van der Waals surface area contributed by atoms with E-state index in [9.17, 15) is 0 Å².